The van der Waals surface area contributed by atoms with Crippen molar-refractivity contribution in [2.24, 2.45) is 5.41 Å². The van der Waals surface area contributed by atoms with E-state index in [9.17, 15) is 9.59 Å². The smallest absolute Gasteiger partial charge is 0.326 e. The summed E-state index contributed by atoms with van der Waals surface area (Å²) >= 11 is 0. The van der Waals surface area contributed by atoms with E-state index in [2.05, 4.69) is 20.6 Å². The highest BCUT2D eigenvalue weighted by Crippen LogP contribution is 2.19. The second kappa shape index (κ2) is 5.44. The standard InChI is InChI=1S/C11H16N4O3/c1-11(2,3)7(8(16)17)14-10(18)15-9-12-5-4-6-13-9/h4-7H,1-3H3,(H,16,17)(H2,12,13,14,15,18)/t7-/m1/s1. The van der Waals surface area contributed by atoms with Crippen LogP contribution in [0.25, 0.3) is 0 Å². The number of urea groups is 1. The van der Waals surface area contributed by atoms with Crippen LogP contribution in [-0.2, 0) is 4.79 Å². The van der Waals surface area contributed by atoms with Crippen molar-refractivity contribution in [1.29, 1.82) is 0 Å². The molecule has 7 heteroatoms. The summed E-state index contributed by atoms with van der Waals surface area (Å²) in [5.74, 6) is -0.973. The molecule has 0 aliphatic rings. The molecule has 1 rings (SSSR count). The number of anilines is 1. The summed E-state index contributed by atoms with van der Waals surface area (Å²) in [6.07, 6.45) is 2.95. The third kappa shape index (κ3) is 4.00. The minimum Gasteiger partial charge on any atom is -0.480 e. The van der Waals surface area contributed by atoms with Crippen LogP contribution in [0.1, 0.15) is 20.8 Å². The number of rotatable bonds is 3. The van der Waals surface area contributed by atoms with E-state index in [4.69, 9.17) is 5.11 Å². The van der Waals surface area contributed by atoms with Crippen LogP contribution in [0.15, 0.2) is 18.5 Å². The molecular formula is C11H16N4O3. The fraction of sp³-hybridized carbons (Fsp3) is 0.455. The quantitative estimate of drug-likeness (QED) is 0.747. The van der Waals surface area contributed by atoms with Gasteiger partial charge in [0.05, 0.1) is 0 Å². The monoisotopic (exact) mass is 252 g/mol. The molecule has 0 radical (unpaired) electrons. The van der Waals surface area contributed by atoms with Crippen LogP contribution in [0.2, 0.25) is 0 Å². The third-order valence-corrected chi connectivity index (χ3v) is 2.18. The highest BCUT2D eigenvalue weighted by atomic mass is 16.4. The summed E-state index contributed by atoms with van der Waals surface area (Å²) in [7, 11) is 0. The van der Waals surface area contributed by atoms with E-state index in [1.54, 1.807) is 26.8 Å². The van der Waals surface area contributed by atoms with E-state index < -0.39 is 23.5 Å². The van der Waals surface area contributed by atoms with Crippen LogP contribution in [0.4, 0.5) is 10.7 Å². The van der Waals surface area contributed by atoms with Gasteiger partial charge in [-0.1, -0.05) is 20.8 Å². The molecule has 1 aromatic rings. The number of hydrogen-bond donors (Lipinski definition) is 3. The van der Waals surface area contributed by atoms with E-state index in [0.29, 0.717) is 0 Å². The molecule has 2 amide bonds. The lowest BCUT2D eigenvalue weighted by Gasteiger charge is -2.27. The number of aliphatic carboxylic acids is 1. The first-order chi connectivity index (χ1) is 8.30. The number of aromatic nitrogens is 2. The SMILES string of the molecule is CC(C)(C)[C@H](NC(=O)Nc1ncccn1)C(=O)O. The molecule has 1 heterocycles. The van der Waals surface area contributed by atoms with E-state index in [-0.39, 0.29) is 5.95 Å². The van der Waals surface area contributed by atoms with Crippen LogP contribution >= 0.6 is 0 Å². The normalized spacial score (nSPS) is 12.6. The number of carbonyl (C=O) groups excluding carboxylic acids is 1. The molecule has 18 heavy (non-hydrogen) atoms. The Morgan fingerprint density at radius 3 is 2.28 bits per heavy atom. The molecule has 0 fully saturated rings. The first kappa shape index (κ1) is 13.9. The number of amides is 2. The summed E-state index contributed by atoms with van der Waals surface area (Å²) in [5.41, 5.74) is -0.597. The highest BCUT2D eigenvalue weighted by molar-refractivity contribution is 5.91. The molecule has 1 aromatic heterocycles. The van der Waals surface area contributed by atoms with Gasteiger partial charge in [-0.25, -0.2) is 19.6 Å². The van der Waals surface area contributed by atoms with Gasteiger partial charge in [-0.2, -0.15) is 0 Å². The van der Waals surface area contributed by atoms with Crippen LogP contribution < -0.4 is 10.6 Å². The Hall–Kier alpha value is -2.18. The molecule has 7 nitrogen and oxygen atoms in total. The van der Waals surface area contributed by atoms with Crippen molar-refractivity contribution in [3.8, 4) is 0 Å². The second-order valence-corrected chi connectivity index (χ2v) is 4.81. The maximum atomic E-state index is 11.6. The molecule has 1 atom stereocenters. The molecule has 0 aliphatic carbocycles. The van der Waals surface area contributed by atoms with Gasteiger partial charge in [0.2, 0.25) is 5.95 Å². The molecule has 98 valence electrons. The molecule has 0 aliphatic heterocycles. The molecule has 3 N–H and O–H groups in total. The first-order valence-electron chi connectivity index (χ1n) is 5.38. The van der Waals surface area contributed by atoms with Crippen LogP contribution in [0, 0.1) is 5.41 Å². The predicted molar refractivity (Wildman–Crippen MR) is 65.1 cm³/mol. The average Bonchev–Trinajstić information content (AvgIpc) is 2.25. The number of carboxylic acid groups (broad SMARTS) is 1. The predicted octanol–water partition coefficient (Wildman–Crippen LogP) is 1.10. The van der Waals surface area contributed by atoms with Gasteiger partial charge < -0.3 is 10.4 Å². The average molecular weight is 252 g/mol. The van der Waals surface area contributed by atoms with Crippen molar-refractivity contribution in [2.45, 2.75) is 26.8 Å². The van der Waals surface area contributed by atoms with E-state index in [1.807, 2.05) is 0 Å². The molecular weight excluding hydrogens is 236 g/mol. The zero-order chi connectivity index (χ0) is 13.8. The van der Waals surface area contributed by atoms with Crippen LogP contribution in [0.5, 0.6) is 0 Å². The summed E-state index contributed by atoms with van der Waals surface area (Å²) in [6, 6.07) is -0.0390. The Kier molecular flexibility index (Phi) is 4.19. The van der Waals surface area contributed by atoms with Gasteiger partial charge in [0.1, 0.15) is 6.04 Å². The van der Waals surface area contributed by atoms with E-state index in [0.717, 1.165) is 0 Å². The summed E-state index contributed by atoms with van der Waals surface area (Å²) in [6.45, 7) is 5.18. The van der Waals surface area contributed by atoms with Gasteiger partial charge >= 0.3 is 12.0 Å². The zero-order valence-corrected chi connectivity index (χ0v) is 10.5. The summed E-state index contributed by atoms with van der Waals surface area (Å²) in [4.78, 5) is 30.3. The van der Waals surface area contributed by atoms with Gasteiger partial charge in [0, 0.05) is 12.4 Å². The number of nitrogens with one attached hydrogen (secondary N) is 2. The maximum absolute atomic E-state index is 11.6. The molecule has 0 spiro atoms. The first-order valence-corrected chi connectivity index (χ1v) is 5.38. The fourth-order valence-electron chi connectivity index (χ4n) is 1.28. The van der Waals surface area contributed by atoms with Crippen molar-refractivity contribution in [3.63, 3.8) is 0 Å². The van der Waals surface area contributed by atoms with Crippen molar-refractivity contribution in [1.82, 2.24) is 15.3 Å². The minimum atomic E-state index is -1.09. The van der Waals surface area contributed by atoms with Crippen molar-refractivity contribution in [2.75, 3.05) is 5.32 Å². The lowest BCUT2D eigenvalue weighted by atomic mass is 9.87. The molecule has 0 unspecified atom stereocenters. The lowest BCUT2D eigenvalue weighted by Crippen LogP contribution is -2.50. The zero-order valence-electron chi connectivity index (χ0n) is 10.5. The summed E-state index contributed by atoms with van der Waals surface area (Å²) < 4.78 is 0. The molecule has 0 aromatic carbocycles. The Labute approximate surface area is 105 Å². The van der Waals surface area contributed by atoms with Crippen LogP contribution in [-0.4, -0.2) is 33.1 Å². The Morgan fingerprint density at radius 2 is 1.83 bits per heavy atom. The van der Waals surface area contributed by atoms with E-state index >= 15 is 0 Å². The number of carbonyl (C=O) groups is 2. The Bertz CT molecular complexity index is 428. The number of nitrogens with zero attached hydrogens (tertiary/aromatic N) is 2. The molecule has 0 saturated heterocycles. The van der Waals surface area contributed by atoms with Crippen LogP contribution in [0.3, 0.4) is 0 Å². The highest BCUT2D eigenvalue weighted by Gasteiger charge is 2.32. The third-order valence-electron chi connectivity index (χ3n) is 2.18. The van der Waals surface area contributed by atoms with Crippen molar-refractivity contribution < 1.29 is 14.7 Å². The van der Waals surface area contributed by atoms with E-state index in [1.165, 1.54) is 12.4 Å². The Morgan fingerprint density at radius 1 is 1.28 bits per heavy atom. The van der Waals surface area contributed by atoms with Gasteiger partial charge in [-0.3, -0.25) is 5.32 Å². The molecule has 0 saturated carbocycles. The van der Waals surface area contributed by atoms with Gasteiger partial charge in [-0.05, 0) is 11.5 Å². The fourth-order valence-corrected chi connectivity index (χ4v) is 1.28. The topological polar surface area (TPSA) is 104 Å². The van der Waals surface area contributed by atoms with Gasteiger partial charge in [-0.15, -0.1) is 0 Å². The summed E-state index contributed by atoms with van der Waals surface area (Å²) in [5, 5.41) is 13.8. The maximum Gasteiger partial charge on any atom is 0.326 e. The van der Waals surface area contributed by atoms with Crippen molar-refractivity contribution >= 4 is 17.9 Å². The number of hydrogen-bond acceptors (Lipinski definition) is 4. The Balaban J connectivity index is 2.66. The number of carboxylic acids is 1. The lowest BCUT2D eigenvalue weighted by molar-refractivity contribution is -0.141. The minimum absolute atomic E-state index is 0.119. The second-order valence-electron chi connectivity index (χ2n) is 4.81. The largest absolute Gasteiger partial charge is 0.480 e. The van der Waals surface area contributed by atoms with Crippen molar-refractivity contribution in [3.05, 3.63) is 18.5 Å². The van der Waals surface area contributed by atoms with Gasteiger partial charge in [0.25, 0.3) is 0 Å². The molecule has 0 bridgehead atoms. The van der Waals surface area contributed by atoms with Gasteiger partial charge in [0.15, 0.2) is 0 Å².